The average Bonchev–Trinajstić information content (AvgIpc) is 2.56. The highest BCUT2D eigenvalue weighted by Gasteiger charge is 2.29. The molecular weight excluding hydrogens is 295 g/mol. The SMILES string of the molecule is CC[C@@H]1CN(C(=O)Nc2ccc(F)cc2)c2cc(C)ccc2O1. The van der Waals surface area contributed by atoms with Gasteiger partial charge < -0.3 is 10.1 Å². The Morgan fingerprint density at radius 2 is 2.04 bits per heavy atom. The quantitative estimate of drug-likeness (QED) is 0.895. The van der Waals surface area contributed by atoms with Crippen molar-refractivity contribution in [1.29, 1.82) is 0 Å². The van der Waals surface area contributed by atoms with Gasteiger partial charge in [-0.1, -0.05) is 13.0 Å². The Morgan fingerprint density at radius 3 is 2.74 bits per heavy atom. The van der Waals surface area contributed by atoms with E-state index in [0.29, 0.717) is 18.0 Å². The van der Waals surface area contributed by atoms with Crippen LogP contribution in [0.1, 0.15) is 18.9 Å². The fourth-order valence-electron chi connectivity index (χ4n) is 2.59. The normalized spacial score (nSPS) is 16.5. The lowest BCUT2D eigenvalue weighted by Crippen LogP contribution is -2.45. The second-order valence-corrected chi connectivity index (χ2v) is 5.67. The van der Waals surface area contributed by atoms with E-state index in [1.807, 2.05) is 32.0 Å². The van der Waals surface area contributed by atoms with Gasteiger partial charge in [0.1, 0.15) is 17.7 Å². The van der Waals surface area contributed by atoms with Crippen molar-refractivity contribution in [2.24, 2.45) is 0 Å². The monoisotopic (exact) mass is 314 g/mol. The van der Waals surface area contributed by atoms with Crippen LogP contribution in [0.15, 0.2) is 42.5 Å². The first-order valence-electron chi connectivity index (χ1n) is 7.68. The molecule has 1 heterocycles. The highest BCUT2D eigenvalue weighted by Crippen LogP contribution is 2.35. The third-order valence-electron chi connectivity index (χ3n) is 3.88. The summed E-state index contributed by atoms with van der Waals surface area (Å²) in [5.74, 6) is 0.379. The van der Waals surface area contributed by atoms with E-state index < -0.39 is 0 Å². The number of halogens is 1. The molecule has 1 aliphatic heterocycles. The van der Waals surface area contributed by atoms with Gasteiger partial charge in [-0.25, -0.2) is 9.18 Å². The first-order chi connectivity index (χ1) is 11.1. The number of carbonyl (C=O) groups is 1. The van der Waals surface area contributed by atoms with Crippen molar-refractivity contribution >= 4 is 17.4 Å². The summed E-state index contributed by atoms with van der Waals surface area (Å²) in [5, 5.41) is 2.81. The van der Waals surface area contributed by atoms with E-state index in [1.165, 1.54) is 12.1 Å². The third kappa shape index (κ3) is 3.28. The molecule has 5 heteroatoms. The molecule has 0 spiro atoms. The van der Waals surface area contributed by atoms with Crippen molar-refractivity contribution in [2.75, 3.05) is 16.8 Å². The largest absolute Gasteiger partial charge is 0.486 e. The van der Waals surface area contributed by atoms with Crippen molar-refractivity contribution in [1.82, 2.24) is 0 Å². The number of hydrogen-bond acceptors (Lipinski definition) is 2. The predicted molar refractivity (Wildman–Crippen MR) is 88.7 cm³/mol. The molecule has 0 saturated heterocycles. The van der Waals surface area contributed by atoms with E-state index in [9.17, 15) is 9.18 Å². The molecule has 2 aromatic rings. The van der Waals surface area contributed by atoms with Gasteiger partial charge in [0.2, 0.25) is 0 Å². The van der Waals surface area contributed by atoms with Crippen LogP contribution in [0.3, 0.4) is 0 Å². The number of nitrogens with one attached hydrogen (secondary N) is 1. The number of urea groups is 1. The Morgan fingerprint density at radius 1 is 1.30 bits per heavy atom. The molecule has 0 radical (unpaired) electrons. The predicted octanol–water partition coefficient (Wildman–Crippen LogP) is 4.34. The number of hydrogen-bond donors (Lipinski definition) is 1. The van der Waals surface area contributed by atoms with Crippen LogP contribution in [-0.2, 0) is 0 Å². The molecule has 0 unspecified atom stereocenters. The van der Waals surface area contributed by atoms with E-state index in [0.717, 1.165) is 17.7 Å². The van der Waals surface area contributed by atoms with Gasteiger partial charge in [-0.05, 0) is 55.3 Å². The van der Waals surface area contributed by atoms with Gasteiger partial charge in [-0.2, -0.15) is 0 Å². The Labute approximate surface area is 134 Å². The number of rotatable bonds is 2. The van der Waals surface area contributed by atoms with Crippen LogP contribution >= 0.6 is 0 Å². The van der Waals surface area contributed by atoms with Crippen LogP contribution in [0, 0.1) is 12.7 Å². The third-order valence-corrected chi connectivity index (χ3v) is 3.88. The van der Waals surface area contributed by atoms with Crippen molar-refractivity contribution < 1.29 is 13.9 Å². The van der Waals surface area contributed by atoms with Gasteiger partial charge in [-0.3, -0.25) is 4.90 Å². The average molecular weight is 314 g/mol. The topological polar surface area (TPSA) is 41.6 Å². The fourth-order valence-corrected chi connectivity index (χ4v) is 2.59. The number of ether oxygens (including phenoxy) is 1. The number of nitrogens with zero attached hydrogens (tertiary/aromatic N) is 1. The van der Waals surface area contributed by atoms with Crippen LogP contribution < -0.4 is 15.0 Å². The number of aryl methyl sites for hydroxylation is 1. The van der Waals surface area contributed by atoms with Gasteiger partial charge in [0.05, 0.1) is 12.2 Å². The Kier molecular flexibility index (Phi) is 4.19. The first-order valence-corrected chi connectivity index (χ1v) is 7.68. The van der Waals surface area contributed by atoms with Gasteiger partial charge in [0.15, 0.2) is 0 Å². The number of anilines is 2. The summed E-state index contributed by atoms with van der Waals surface area (Å²) < 4.78 is 18.9. The van der Waals surface area contributed by atoms with Crippen LogP contribution in [0.5, 0.6) is 5.75 Å². The maximum Gasteiger partial charge on any atom is 0.326 e. The Hall–Kier alpha value is -2.56. The van der Waals surface area contributed by atoms with Crippen LogP contribution in [0.2, 0.25) is 0 Å². The zero-order valence-electron chi connectivity index (χ0n) is 13.2. The molecule has 0 aliphatic carbocycles. The lowest BCUT2D eigenvalue weighted by atomic mass is 10.1. The minimum Gasteiger partial charge on any atom is -0.486 e. The van der Waals surface area contributed by atoms with Gasteiger partial charge in [0.25, 0.3) is 0 Å². The van der Waals surface area contributed by atoms with Gasteiger partial charge >= 0.3 is 6.03 Å². The van der Waals surface area contributed by atoms with E-state index in [1.54, 1.807) is 17.0 Å². The first kappa shape index (κ1) is 15.3. The number of amides is 2. The molecule has 0 aromatic heterocycles. The van der Waals surface area contributed by atoms with E-state index >= 15 is 0 Å². The molecule has 0 saturated carbocycles. The molecular formula is C18H19FN2O2. The lowest BCUT2D eigenvalue weighted by Gasteiger charge is -2.34. The summed E-state index contributed by atoms with van der Waals surface area (Å²) in [6, 6.07) is 11.3. The summed E-state index contributed by atoms with van der Waals surface area (Å²) in [4.78, 5) is 14.3. The molecule has 4 nitrogen and oxygen atoms in total. The maximum absolute atomic E-state index is 13.0. The van der Waals surface area contributed by atoms with Crippen LogP contribution in [-0.4, -0.2) is 18.7 Å². The number of benzene rings is 2. The molecule has 23 heavy (non-hydrogen) atoms. The zero-order chi connectivity index (χ0) is 16.4. The van der Waals surface area contributed by atoms with Crippen molar-refractivity contribution in [3.8, 4) is 5.75 Å². The number of carbonyl (C=O) groups excluding carboxylic acids is 1. The molecule has 2 amide bonds. The van der Waals surface area contributed by atoms with E-state index in [2.05, 4.69) is 5.32 Å². The highest BCUT2D eigenvalue weighted by atomic mass is 19.1. The smallest absolute Gasteiger partial charge is 0.326 e. The molecule has 0 fully saturated rings. The molecule has 120 valence electrons. The lowest BCUT2D eigenvalue weighted by molar-refractivity contribution is 0.188. The summed E-state index contributed by atoms with van der Waals surface area (Å²) in [5.41, 5.74) is 2.38. The zero-order valence-corrected chi connectivity index (χ0v) is 13.2. The highest BCUT2D eigenvalue weighted by molar-refractivity contribution is 6.03. The summed E-state index contributed by atoms with van der Waals surface area (Å²) >= 11 is 0. The van der Waals surface area contributed by atoms with Crippen molar-refractivity contribution in [3.63, 3.8) is 0 Å². The molecule has 2 aromatic carbocycles. The second-order valence-electron chi connectivity index (χ2n) is 5.67. The fraction of sp³-hybridized carbons (Fsp3) is 0.278. The van der Waals surface area contributed by atoms with Gasteiger partial charge in [0, 0.05) is 5.69 Å². The minimum atomic E-state index is -0.332. The Bertz CT molecular complexity index is 715. The summed E-state index contributed by atoms with van der Waals surface area (Å²) in [6.07, 6.45) is 0.775. The van der Waals surface area contributed by atoms with Crippen molar-refractivity contribution in [3.05, 3.63) is 53.8 Å². The van der Waals surface area contributed by atoms with Crippen LogP contribution in [0.4, 0.5) is 20.6 Å². The maximum atomic E-state index is 13.0. The van der Waals surface area contributed by atoms with E-state index in [-0.39, 0.29) is 18.0 Å². The summed E-state index contributed by atoms with van der Waals surface area (Å²) in [7, 11) is 0. The second kappa shape index (κ2) is 6.28. The van der Waals surface area contributed by atoms with Gasteiger partial charge in [-0.15, -0.1) is 0 Å². The Balaban J connectivity index is 1.87. The van der Waals surface area contributed by atoms with Crippen LogP contribution in [0.25, 0.3) is 0 Å². The number of fused-ring (bicyclic) bond motifs is 1. The molecule has 0 bridgehead atoms. The summed E-state index contributed by atoms with van der Waals surface area (Å²) in [6.45, 7) is 4.49. The minimum absolute atomic E-state index is 0.0378. The van der Waals surface area contributed by atoms with E-state index in [4.69, 9.17) is 4.74 Å². The standard InChI is InChI=1S/C18H19FN2O2/c1-3-15-11-21(16-10-12(2)4-9-17(16)23-15)18(22)20-14-7-5-13(19)6-8-14/h4-10,15H,3,11H2,1-2H3,(H,20,22)/t15-/m1/s1. The molecule has 3 rings (SSSR count). The van der Waals surface area contributed by atoms with Crippen molar-refractivity contribution in [2.45, 2.75) is 26.4 Å². The molecule has 1 atom stereocenters. The molecule has 1 N–H and O–H groups in total. The molecule has 1 aliphatic rings.